The third kappa shape index (κ3) is 3.86. The average Bonchev–Trinajstić information content (AvgIpc) is 2.48. The fraction of sp³-hybridized carbons (Fsp3) is 0.368. The largest absolute Gasteiger partial charge is 0.490 e. The number of aryl methyl sites for hydroxylation is 1. The van der Waals surface area contributed by atoms with Gasteiger partial charge in [0.15, 0.2) is 11.6 Å². The fourth-order valence-electron chi connectivity index (χ4n) is 2.67. The van der Waals surface area contributed by atoms with Crippen molar-refractivity contribution < 1.29 is 13.9 Å². The highest BCUT2D eigenvalue weighted by Gasteiger charge is 2.30. The standard InChI is InChI=1S/C19H21FO2/c1-14-7-8-19(18(20)9-14)22-13-16-10-17(11-16)21-12-15-5-3-2-4-6-15/h2-9,16-17H,10-13H2,1H3. The van der Waals surface area contributed by atoms with Crippen LogP contribution in [0.25, 0.3) is 0 Å². The van der Waals surface area contributed by atoms with Gasteiger partial charge in [-0.3, -0.25) is 0 Å². The third-order valence-electron chi connectivity index (χ3n) is 4.08. The lowest BCUT2D eigenvalue weighted by Crippen LogP contribution is -2.34. The second-order valence-corrected chi connectivity index (χ2v) is 6.00. The molecule has 1 aliphatic rings. The Morgan fingerprint density at radius 2 is 1.86 bits per heavy atom. The highest BCUT2D eigenvalue weighted by Crippen LogP contribution is 2.31. The Bertz CT molecular complexity index is 606. The number of hydrogen-bond donors (Lipinski definition) is 0. The van der Waals surface area contributed by atoms with Crippen molar-refractivity contribution in [2.45, 2.75) is 32.5 Å². The molecule has 0 atom stereocenters. The van der Waals surface area contributed by atoms with Crippen molar-refractivity contribution in [3.8, 4) is 5.75 Å². The predicted molar refractivity (Wildman–Crippen MR) is 84.4 cm³/mol. The Hall–Kier alpha value is -1.87. The van der Waals surface area contributed by atoms with Crippen LogP contribution in [-0.4, -0.2) is 12.7 Å². The van der Waals surface area contributed by atoms with Crippen molar-refractivity contribution in [1.82, 2.24) is 0 Å². The summed E-state index contributed by atoms with van der Waals surface area (Å²) in [6.07, 6.45) is 2.28. The molecule has 0 spiro atoms. The minimum Gasteiger partial charge on any atom is -0.490 e. The lowest BCUT2D eigenvalue weighted by molar-refractivity contribution is -0.0507. The summed E-state index contributed by atoms with van der Waals surface area (Å²) in [5.41, 5.74) is 2.10. The molecule has 0 unspecified atom stereocenters. The smallest absolute Gasteiger partial charge is 0.165 e. The van der Waals surface area contributed by atoms with Crippen LogP contribution in [0.3, 0.4) is 0 Å². The first-order valence-electron chi connectivity index (χ1n) is 7.75. The molecule has 1 saturated carbocycles. The van der Waals surface area contributed by atoms with Gasteiger partial charge in [0.1, 0.15) is 0 Å². The molecular weight excluding hydrogens is 279 g/mol. The second kappa shape index (κ2) is 6.93. The van der Waals surface area contributed by atoms with Crippen LogP contribution in [0, 0.1) is 18.7 Å². The zero-order valence-corrected chi connectivity index (χ0v) is 12.8. The minimum absolute atomic E-state index is 0.281. The highest BCUT2D eigenvalue weighted by molar-refractivity contribution is 5.28. The first-order chi connectivity index (χ1) is 10.7. The Kier molecular flexibility index (Phi) is 4.74. The molecule has 3 heteroatoms. The molecule has 3 rings (SSSR count). The zero-order valence-electron chi connectivity index (χ0n) is 12.8. The SMILES string of the molecule is Cc1ccc(OCC2CC(OCc3ccccc3)C2)c(F)c1. The molecule has 2 nitrogen and oxygen atoms in total. The lowest BCUT2D eigenvalue weighted by Gasteiger charge is -2.34. The second-order valence-electron chi connectivity index (χ2n) is 6.00. The van der Waals surface area contributed by atoms with E-state index in [9.17, 15) is 4.39 Å². The quantitative estimate of drug-likeness (QED) is 0.781. The predicted octanol–water partition coefficient (Wildman–Crippen LogP) is 4.51. The Balaban J connectivity index is 1.37. The van der Waals surface area contributed by atoms with Gasteiger partial charge in [0.05, 0.1) is 19.3 Å². The molecule has 0 aliphatic heterocycles. The van der Waals surface area contributed by atoms with Crippen molar-refractivity contribution in [2.75, 3.05) is 6.61 Å². The first-order valence-corrected chi connectivity index (χ1v) is 7.75. The van der Waals surface area contributed by atoms with Crippen molar-refractivity contribution in [2.24, 2.45) is 5.92 Å². The molecule has 0 amide bonds. The summed E-state index contributed by atoms with van der Waals surface area (Å²) in [5.74, 6) is 0.525. The van der Waals surface area contributed by atoms with Crippen LogP contribution in [-0.2, 0) is 11.3 Å². The normalized spacial score (nSPS) is 20.5. The molecule has 0 saturated heterocycles. The zero-order chi connectivity index (χ0) is 15.4. The highest BCUT2D eigenvalue weighted by atomic mass is 19.1. The average molecular weight is 300 g/mol. The Morgan fingerprint density at radius 3 is 2.59 bits per heavy atom. The van der Waals surface area contributed by atoms with Gasteiger partial charge < -0.3 is 9.47 Å². The number of benzene rings is 2. The molecule has 1 aliphatic carbocycles. The van der Waals surface area contributed by atoms with Gasteiger partial charge in [0.25, 0.3) is 0 Å². The molecule has 2 aromatic carbocycles. The summed E-state index contributed by atoms with van der Waals surface area (Å²) in [7, 11) is 0. The van der Waals surface area contributed by atoms with E-state index in [2.05, 4.69) is 12.1 Å². The van der Waals surface area contributed by atoms with E-state index in [0.717, 1.165) is 18.4 Å². The maximum Gasteiger partial charge on any atom is 0.165 e. The number of halogens is 1. The van der Waals surface area contributed by atoms with E-state index >= 15 is 0 Å². The fourth-order valence-corrected chi connectivity index (χ4v) is 2.67. The summed E-state index contributed by atoms with van der Waals surface area (Å²) in [6, 6.07) is 15.3. The summed E-state index contributed by atoms with van der Waals surface area (Å²) in [6.45, 7) is 3.09. The van der Waals surface area contributed by atoms with Crippen LogP contribution in [0.1, 0.15) is 24.0 Å². The maximum absolute atomic E-state index is 13.7. The van der Waals surface area contributed by atoms with Gasteiger partial charge in [-0.1, -0.05) is 36.4 Å². The molecule has 1 fully saturated rings. The van der Waals surface area contributed by atoms with Gasteiger partial charge in [-0.05, 0) is 48.9 Å². The summed E-state index contributed by atoms with van der Waals surface area (Å²) in [5, 5.41) is 0. The van der Waals surface area contributed by atoms with Crippen LogP contribution in [0.4, 0.5) is 4.39 Å². The lowest BCUT2D eigenvalue weighted by atomic mass is 9.83. The van der Waals surface area contributed by atoms with Crippen LogP contribution >= 0.6 is 0 Å². The van der Waals surface area contributed by atoms with E-state index < -0.39 is 0 Å². The van der Waals surface area contributed by atoms with Gasteiger partial charge in [0, 0.05) is 0 Å². The van der Waals surface area contributed by atoms with Crippen molar-refractivity contribution in [3.05, 3.63) is 65.5 Å². The van der Waals surface area contributed by atoms with E-state index in [0.29, 0.717) is 31.0 Å². The summed E-state index contributed by atoms with van der Waals surface area (Å²) in [4.78, 5) is 0. The van der Waals surface area contributed by atoms with Gasteiger partial charge >= 0.3 is 0 Å². The monoisotopic (exact) mass is 300 g/mol. The van der Waals surface area contributed by atoms with Gasteiger partial charge in [-0.15, -0.1) is 0 Å². The maximum atomic E-state index is 13.7. The van der Waals surface area contributed by atoms with Crippen molar-refractivity contribution in [3.63, 3.8) is 0 Å². The Labute approximate surface area is 130 Å². The summed E-state index contributed by atoms with van der Waals surface area (Å²) < 4.78 is 25.1. The first kappa shape index (κ1) is 15.0. The van der Waals surface area contributed by atoms with Crippen LogP contribution in [0.15, 0.2) is 48.5 Å². The van der Waals surface area contributed by atoms with Crippen LogP contribution in [0.5, 0.6) is 5.75 Å². The molecule has 0 heterocycles. The minimum atomic E-state index is -0.281. The number of ether oxygens (including phenoxy) is 2. The number of hydrogen-bond acceptors (Lipinski definition) is 2. The molecule has 0 N–H and O–H groups in total. The van der Waals surface area contributed by atoms with Crippen molar-refractivity contribution in [1.29, 1.82) is 0 Å². The van der Waals surface area contributed by atoms with Crippen LogP contribution < -0.4 is 4.74 Å². The van der Waals surface area contributed by atoms with E-state index in [-0.39, 0.29) is 5.82 Å². The molecule has 0 radical (unpaired) electrons. The van der Waals surface area contributed by atoms with Gasteiger partial charge in [0.2, 0.25) is 0 Å². The van der Waals surface area contributed by atoms with E-state index in [4.69, 9.17) is 9.47 Å². The van der Waals surface area contributed by atoms with Gasteiger partial charge in [-0.25, -0.2) is 4.39 Å². The molecular formula is C19H21FO2. The summed E-state index contributed by atoms with van der Waals surface area (Å²) >= 11 is 0. The van der Waals surface area contributed by atoms with Gasteiger partial charge in [-0.2, -0.15) is 0 Å². The molecule has 22 heavy (non-hydrogen) atoms. The molecule has 0 bridgehead atoms. The van der Waals surface area contributed by atoms with E-state index in [1.165, 1.54) is 11.6 Å². The topological polar surface area (TPSA) is 18.5 Å². The Morgan fingerprint density at radius 1 is 1.09 bits per heavy atom. The van der Waals surface area contributed by atoms with E-state index in [1.807, 2.05) is 31.2 Å². The molecule has 2 aromatic rings. The van der Waals surface area contributed by atoms with Crippen molar-refractivity contribution >= 4 is 0 Å². The number of rotatable bonds is 6. The molecule has 116 valence electrons. The third-order valence-corrected chi connectivity index (χ3v) is 4.08. The van der Waals surface area contributed by atoms with Crippen LogP contribution in [0.2, 0.25) is 0 Å². The molecule has 0 aromatic heterocycles. The van der Waals surface area contributed by atoms with E-state index in [1.54, 1.807) is 6.07 Å².